The molecule has 3 N–H and O–H groups in total. The van der Waals surface area contributed by atoms with Crippen LogP contribution in [0.4, 0.5) is 11.4 Å². The Hall–Kier alpha value is -1.96. The van der Waals surface area contributed by atoms with Crippen LogP contribution < -0.4 is 20.5 Å². The van der Waals surface area contributed by atoms with Crippen LogP contribution in [-0.4, -0.2) is 20.1 Å². The summed E-state index contributed by atoms with van der Waals surface area (Å²) in [4.78, 5) is 12.3. The highest BCUT2D eigenvalue weighted by Gasteiger charge is 2.15. The van der Waals surface area contributed by atoms with E-state index in [2.05, 4.69) is 27.9 Å². The average molecular weight is 398 g/mol. The summed E-state index contributed by atoms with van der Waals surface area (Å²) in [7, 11) is 3.03. The lowest BCUT2D eigenvalue weighted by Crippen LogP contribution is -2.14. The van der Waals surface area contributed by atoms with Crippen LogP contribution in [-0.2, 0) is 0 Å². The van der Waals surface area contributed by atoms with Crippen LogP contribution in [0.2, 0.25) is 0 Å². The van der Waals surface area contributed by atoms with Crippen molar-refractivity contribution in [2.45, 2.75) is 0 Å². The Morgan fingerprint density at radius 3 is 2.24 bits per heavy atom. The molecule has 0 bridgehead atoms. The monoisotopic (exact) mass is 398 g/mol. The van der Waals surface area contributed by atoms with Gasteiger partial charge < -0.3 is 20.5 Å². The quantitative estimate of drug-likeness (QED) is 0.613. The molecule has 6 heteroatoms. The van der Waals surface area contributed by atoms with Crippen molar-refractivity contribution in [2.75, 3.05) is 25.3 Å². The van der Waals surface area contributed by atoms with Gasteiger partial charge in [0.15, 0.2) is 11.5 Å². The van der Waals surface area contributed by atoms with Crippen LogP contribution in [0.3, 0.4) is 0 Å². The maximum absolute atomic E-state index is 12.3. The van der Waals surface area contributed by atoms with Crippen LogP contribution in [0.5, 0.6) is 11.5 Å². The lowest BCUT2D eigenvalue weighted by molar-refractivity contribution is 0.102. The third kappa shape index (κ3) is 3.57. The number of anilines is 2. The van der Waals surface area contributed by atoms with Gasteiger partial charge in [-0.05, 0) is 52.9 Å². The van der Waals surface area contributed by atoms with E-state index in [4.69, 9.17) is 15.2 Å². The van der Waals surface area contributed by atoms with Gasteiger partial charge in [0.25, 0.3) is 5.91 Å². The van der Waals surface area contributed by atoms with Gasteiger partial charge in [-0.1, -0.05) is 0 Å². The van der Waals surface area contributed by atoms with Crippen LogP contribution in [0, 0.1) is 3.57 Å². The van der Waals surface area contributed by atoms with Gasteiger partial charge >= 0.3 is 0 Å². The maximum atomic E-state index is 12.3. The third-order valence-electron chi connectivity index (χ3n) is 2.90. The van der Waals surface area contributed by atoms with Gasteiger partial charge in [0.2, 0.25) is 0 Å². The lowest BCUT2D eigenvalue weighted by atomic mass is 10.1. The summed E-state index contributed by atoms with van der Waals surface area (Å²) in [6.45, 7) is 0. The topological polar surface area (TPSA) is 73.6 Å². The maximum Gasteiger partial charge on any atom is 0.257 e. The molecule has 0 aliphatic carbocycles. The van der Waals surface area contributed by atoms with E-state index < -0.39 is 0 Å². The summed E-state index contributed by atoms with van der Waals surface area (Å²) >= 11 is 2.20. The normalized spacial score (nSPS) is 10.0. The van der Waals surface area contributed by atoms with Gasteiger partial charge in [-0.2, -0.15) is 0 Å². The predicted molar refractivity (Wildman–Crippen MR) is 91.1 cm³/mol. The Bertz CT molecular complexity index is 657. The highest BCUT2D eigenvalue weighted by Crippen LogP contribution is 2.32. The zero-order valence-electron chi connectivity index (χ0n) is 11.6. The number of rotatable bonds is 4. The first-order valence-electron chi connectivity index (χ1n) is 6.13. The lowest BCUT2D eigenvalue weighted by Gasteiger charge is -2.12. The molecule has 2 rings (SSSR count). The van der Waals surface area contributed by atoms with E-state index in [1.165, 1.54) is 14.2 Å². The van der Waals surface area contributed by atoms with E-state index in [1.807, 2.05) is 24.3 Å². The molecule has 2 aromatic rings. The first kappa shape index (κ1) is 15.4. The second kappa shape index (κ2) is 6.66. The number of halogens is 1. The third-order valence-corrected chi connectivity index (χ3v) is 3.62. The Kier molecular flexibility index (Phi) is 4.89. The Morgan fingerprint density at radius 2 is 1.67 bits per heavy atom. The number of hydrogen-bond acceptors (Lipinski definition) is 4. The van der Waals surface area contributed by atoms with Crippen molar-refractivity contribution in [3.8, 4) is 11.5 Å². The zero-order valence-corrected chi connectivity index (χ0v) is 13.8. The summed E-state index contributed by atoms with van der Waals surface area (Å²) in [5.74, 6) is 0.648. The number of hydrogen-bond donors (Lipinski definition) is 2. The molecule has 2 aromatic carbocycles. The molecule has 0 aliphatic heterocycles. The molecule has 21 heavy (non-hydrogen) atoms. The van der Waals surface area contributed by atoms with Crippen molar-refractivity contribution in [3.05, 3.63) is 45.5 Å². The number of ether oxygens (including phenoxy) is 2. The van der Waals surface area contributed by atoms with Gasteiger partial charge in [0.05, 0.1) is 19.8 Å². The number of carbonyl (C=O) groups is 1. The summed E-state index contributed by atoms with van der Waals surface area (Å²) in [6.07, 6.45) is 0. The van der Waals surface area contributed by atoms with Gasteiger partial charge in [-0.15, -0.1) is 0 Å². The summed E-state index contributed by atoms with van der Waals surface area (Å²) in [6, 6.07) is 10.6. The van der Waals surface area contributed by atoms with E-state index in [1.54, 1.807) is 12.1 Å². The summed E-state index contributed by atoms with van der Waals surface area (Å²) < 4.78 is 11.4. The number of carbonyl (C=O) groups excluding carboxylic acids is 1. The molecule has 0 atom stereocenters. The molecule has 0 aromatic heterocycles. The van der Waals surface area contributed by atoms with Gasteiger partial charge in [0.1, 0.15) is 0 Å². The predicted octanol–water partition coefficient (Wildman–Crippen LogP) is 3.14. The SMILES string of the molecule is COc1cc(N)c(C(=O)Nc2ccc(I)cc2)cc1OC. The largest absolute Gasteiger partial charge is 0.493 e. The summed E-state index contributed by atoms with van der Waals surface area (Å²) in [5, 5.41) is 2.80. The van der Waals surface area contributed by atoms with E-state index in [0.717, 1.165) is 3.57 Å². The Labute approximate surface area is 136 Å². The molecule has 0 fully saturated rings. The highest BCUT2D eigenvalue weighted by molar-refractivity contribution is 14.1. The minimum absolute atomic E-state index is 0.297. The molecule has 0 heterocycles. The first-order chi connectivity index (χ1) is 10.0. The average Bonchev–Trinajstić information content (AvgIpc) is 2.49. The van der Waals surface area contributed by atoms with Crippen LogP contribution in [0.15, 0.2) is 36.4 Å². The fraction of sp³-hybridized carbons (Fsp3) is 0.133. The molecule has 1 amide bonds. The minimum atomic E-state index is -0.297. The van der Waals surface area contributed by atoms with Gasteiger partial charge in [-0.3, -0.25) is 4.79 Å². The number of methoxy groups -OCH3 is 2. The van der Waals surface area contributed by atoms with Crippen molar-refractivity contribution in [2.24, 2.45) is 0 Å². The number of amides is 1. The number of nitrogens with two attached hydrogens (primary N) is 1. The minimum Gasteiger partial charge on any atom is -0.493 e. The number of benzene rings is 2. The molecule has 0 aliphatic rings. The van der Waals surface area contributed by atoms with Gasteiger partial charge in [0, 0.05) is 21.0 Å². The molecule has 0 spiro atoms. The fourth-order valence-electron chi connectivity index (χ4n) is 1.82. The first-order valence-corrected chi connectivity index (χ1v) is 7.21. The molecule has 0 unspecified atom stereocenters. The van der Waals surface area contributed by atoms with Crippen LogP contribution in [0.1, 0.15) is 10.4 Å². The van der Waals surface area contributed by atoms with E-state index in [-0.39, 0.29) is 5.91 Å². The molecule has 5 nitrogen and oxygen atoms in total. The molecular weight excluding hydrogens is 383 g/mol. The van der Waals surface area contributed by atoms with E-state index >= 15 is 0 Å². The van der Waals surface area contributed by atoms with Crippen molar-refractivity contribution in [1.82, 2.24) is 0 Å². The molecule has 0 radical (unpaired) electrons. The fourth-order valence-corrected chi connectivity index (χ4v) is 2.18. The van der Waals surface area contributed by atoms with Crippen LogP contribution in [0.25, 0.3) is 0 Å². The van der Waals surface area contributed by atoms with Crippen molar-refractivity contribution in [1.29, 1.82) is 0 Å². The second-order valence-corrected chi connectivity index (χ2v) is 5.50. The van der Waals surface area contributed by atoms with Crippen molar-refractivity contribution in [3.63, 3.8) is 0 Å². The Balaban J connectivity index is 2.28. The molecule has 0 saturated carbocycles. The van der Waals surface area contributed by atoms with Crippen molar-refractivity contribution >= 4 is 39.9 Å². The number of nitrogens with one attached hydrogen (secondary N) is 1. The molecular formula is C15H15IN2O3. The Morgan fingerprint density at radius 1 is 1.10 bits per heavy atom. The van der Waals surface area contributed by atoms with Crippen molar-refractivity contribution < 1.29 is 14.3 Å². The van der Waals surface area contributed by atoms with E-state index in [0.29, 0.717) is 28.4 Å². The highest BCUT2D eigenvalue weighted by atomic mass is 127. The standard InChI is InChI=1S/C15H15IN2O3/c1-20-13-7-11(12(17)8-14(13)21-2)15(19)18-10-5-3-9(16)4-6-10/h3-8H,17H2,1-2H3,(H,18,19). The molecule has 110 valence electrons. The number of nitrogen functional groups attached to an aromatic ring is 1. The molecule has 0 saturated heterocycles. The van der Waals surface area contributed by atoms with E-state index in [9.17, 15) is 4.79 Å². The smallest absolute Gasteiger partial charge is 0.257 e. The summed E-state index contributed by atoms with van der Waals surface area (Å²) in [5.41, 5.74) is 7.27. The zero-order chi connectivity index (χ0) is 15.4. The second-order valence-electron chi connectivity index (χ2n) is 4.26. The van der Waals surface area contributed by atoms with Gasteiger partial charge in [-0.25, -0.2) is 0 Å². The van der Waals surface area contributed by atoms with Crippen LogP contribution >= 0.6 is 22.6 Å².